The van der Waals surface area contributed by atoms with Gasteiger partial charge < -0.3 is 10.5 Å². The van der Waals surface area contributed by atoms with Crippen molar-refractivity contribution in [2.24, 2.45) is 0 Å². The molecule has 16 heavy (non-hydrogen) atoms. The van der Waals surface area contributed by atoms with Crippen LogP contribution >= 0.6 is 15.9 Å². The SMILES string of the molecule is Nc1ccc(OCCN2CCCC2)c(Br)c1. The number of anilines is 1. The van der Waals surface area contributed by atoms with Gasteiger partial charge in [0.2, 0.25) is 0 Å². The van der Waals surface area contributed by atoms with Crippen LogP contribution in [0.4, 0.5) is 5.69 Å². The van der Waals surface area contributed by atoms with Crippen molar-refractivity contribution < 1.29 is 4.74 Å². The lowest BCUT2D eigenvalue weighted by atomic mass is 10.3. The largest absolute Gasteiger partial charge is 0.491 e. The van der Waals surface area contributed by atoms with Crippen LogP contribution in [0, 0.1) is 0 Å². The number of hydrogen-bond acceptors (Lipinski definition) is 3. The molecule has 2 N–H and O–H groups in total. The highest BCUT2D eigenvalue weighted by Gasteiger charge is 2.11. The van der Waals surface area contributed by atoms with Crippen LogP contribution in [0.1, 0.15) is 12.8 Å². The number of likely N-dealkylation sites (tertiary alicyclic amines) is 1. The number of rotatable bonds is 4. The van der Waals surface area contributed by atoms with E-state index >= 15 is 0 Å². The lowest BCUT2D eigenvalue weighted by Gasteiger charge is -2.15. The highest BCUT2D eigenvalue weighted by atomic mass is 79.9. The van der Waals surface area contributed by atoms with Crippen LogP contribution in [0.25, 0.3) is 0 Å². The third kappa shape index (κ3) is 3.12. The van der Waals surface area contributed by atoms with Crippen LogP contribution < -0.4 is 10.5 Å². The molecule has 0 spiro atoms. The molecule has 0 bridgehead atoms. The van der Waals surface area contributed by atoms with Crippen molar-refractivity contribution in [3.05, 3.63) is 22.7 Å². The lowest BCUT2D eigenvalue weighted by Crippen LogP contribution is -2.25. The fourth-order valence-corrected chi connectivity index (χ4v) is 2.44. The van der Waals surface area contributed by atoms with E-state index in [1.165, 1.54) is 25.9 Å². The van der Waals surface area contributed by atoms with E-state index in [1.807, 2.05) is 18.2 Å². The predicted octanol–water partition coefficient (Wildman–Crippen LogP) is 2.51. The molecule has 1 fully saturated rings. The standard InChI is InChI=1S/C12H17BrN2O/c13-11-9-10(14)3-4-12(11)16-8-7-15-5-1-2-6-15/h3-4,9H,1-2,5-8,14H2. The Morgan fingerprint density at radius 1 is 1.31 bits per heavy atom. The summed E-state index contributed by atoms with van der Waals surface area (Å²) in [7, 11) is 0. The molecule has 0 radical (unpaired) electrons. The fourth-order valence-electron chi connectivity index (χ4n) is 1.93. The molecule has 1 aromatic rings. The Hall–Kier alpha value is -0.740. The van der Waals surface area contributed by atoms with Crippen LogP contribution in [0.3, 0.4) is 0 Å². The van der Waals surface area contributed by atoms with Gasteiger partial charge >= 0.3 is 0 Å². The number of nitrogens with zero attached hydrogens (tertiary/aromatic N) is 1. The maximum Gasteiger partial charge on any atom is 0.133 e. The van der Waals surface area contributed by atoms with E-state index in [4.69, 9.17) is 10.5 Å². The molecule has 0 atom stereocenters. The molecule has 0 amide bonds. The Bertz CT molecular complexity index is 351. The molecule has 0 aromatic heterocycles. The molecule has 0 aliphatic carbocycles. The second-order valence-corrected chi connectivity index (χ2v) is 4.94. The van der Waals surface area contributed by atoms with Gasteiger partial charge in [0.15, 0.2) is 0 Å². The molecule has 1 aliphatic rings. The zero-order valence-corrected chi connectivity index (χ0v) is 10.9. The fraction of sp³-hybridized carbons (Fsp3) is 0.500. The topological polar surface area (TPSA) is 38.5 Å². The highest BCUT2D eigenvalue weighted by Crippen LogP contribution is 2.26. The summed E-state index contributed by atoms with van der Waals surface area (Å²) >= 11 is 3.44. The zero-order chi connectivity index (χ0) is 11.4. The average Bonchev–Trinajstić information content (AvgIpc) is 2.74. The van der Waals surface area contributed by atoms with Crippen LogP contribution in [0.15, 0.2) is 22.7 Å². The maximum atomic E-state index is 5.71. The molecule has 3 nitrogen and oxygen atoms in total. The molecular weight excluding hydrogens is 268 g/mol. The van der Waals surface area contributed by atoms with Crippen molar-refractivity contribution in [2.45, 2.75) is 12.8 Å². The van der Waals surface area contributed by atoms with Gasteiger partial charge in [-0.15, -0.1) is 0 Å². The van der Waals surface area contributed by atoms with Crippen LogP contribution in [0.5, 0.6) is 5.75 Å². The molecule has 0 unspecified atom stereocenters. The summed E-state index contributed by atoms with van der Waals surface area (Å²) in [6.07, 6.45) is 2.65. The minimum Gasteiger partial charge on any atom is -0.491 e. The molecule has 4 heteroatoms. The summed E-state index contributed by atoms with van der Waals surface area (Å²) in [5.41, 5.74) is 6.41. The van der Waals surface area contributed by atoms with E-state index in [-0.39, 0.29) is 0 Å². The van der Waals surface area contributed by atoms with Crippen molar-refractivity contribution in [2.75, 3.05) is 32.0 Å². The van der Waals surface area contributed by atoms with Gasteiger partial charge in [-0.05, 0) is 60.1 Å². The number of halogens is 1. The number of benzene rings is 1. The first-order chi connectivity index (χ1) is 7.75. The number of ether oxygens (including phenoxy) is 1. The second kappa shape index (κ2) is 5.55. The first-order valence-electron chi connectivity index (χ1n) is 5.66. The van der Waals surface area contributed by atoms with Gasteiger partial charge in [-0.3, -0.25) is 4.90 Å². The van der Waals surface area contributed by atoms with E-state index in [1.54, 1.807) is 0 Å². The minimum absolute atomic E-state index is 0.739. The molecule has 0 saturated carbocycles. The molecule has 1 saturated heterocycles. The Morgan fingerprint density at radius 2 is 2.06 bits per heavy atom. The number of nitrogens with two attached hydrogens (primary N) is 1. The van der Waals surface area contributed by atoms with Gasteiger partial charge in [0.1, 0.15) is 12.4 Å². The van der Waals surface area contributed by atoms with Crippen molar-refractivity contribution in [1.29, 1.82) is 0 Å². The quantitative estimate of drug-likeness (QED) is 0.864. The van der Waals surface area contributed by atoms with Gasteiger partial charge in [0, 0.05) is 12.2 Å². The maximum absolute atomic E-state index is 5.71. The molecular formula is C12H17BrN2O. The smallest absolute Gasteiger partial charge is 0.133 e. The average molecular weight is 285 g/mol. The molecule has 1 aromatic carbocycles. The van der Waals surface area contributed by atoms with Crippen LogP contribution in [-0.2, 0) is 0 Å². The summed E-state index contributed by atoms with van der Waals surface area (Å²) in [4.78, 5) is 2.44. The normalized spacial score (nSPS) is 16.6. The van der Waals surface area contributed by atoms with E-state index in [2.05, 4.69) is 20.8 Å². The van der Waals surface area contributed by atoms with E-state index in [9.17, 15) is 0 Å². The molecule has 2 rings (SSSR count). The second-order valence-electron chi connectivity index (χ2n) is 4.09. The van der Waals surface area contributed by atoms with Crippen molar-refractivity contribution in [3.8, 4) is 5.75 Å². The van der Waals surface area contributed by atoms with Gasteiger partial charge in [-0.2, -0.15) is 0 Å². The van der Waals surface area contributed by atoms with Gasteiger partial charge in [-0.25, -0.2) is 0 Å². The first kappa shape index (κ1) is 11.7. The summed E-state index contributed by atoms with van der Waals surface area (Å²) in [6.45, 7) is 4.18. The molecule has 1 aliphatic heterocycles. The third-order valence-corrected chi connectivity index (χ3v) is 3.44. The Balaban J connectivity index is 1.80. The lowest BCUT2D eigenvalue weighted by molar-refractivity contribution is 0.237. The first-order valence-corrected chi connectivity index (χ1v) is 6.45. The van der Waals surface area contributed by atoms with E-state index in [0.717, 1.165) is 29.1 Å². The van der Waals surface area contributed by atoms with Gasteiger partial charge in [-0.1, -0.05) is 0 Å². The minimum atomic E-state index is 0.739. The van der Waals surface area contributed by atoms with Crippen molar-refractivity contribution in [1.82, 2.24) is 4.90 Å². The summed E-state index contributed by atoms with van der Waals surface area (Å²) in [5, 5.41) is 0. The van der Waals surface area contributed by atoms with Gasteiger partial charge in [0.25, 0.3) is 0 Å². The Labute approximate surface area is 105 Å². The third-order valence-electron chi connectivity index (χ3n) is 2.82. The van der Waals surface area contributed by atoms with Gasteiger partial charge in [0.05, 0.1) is 4.47 Å². The Kier molecular flexibility index (Phi) is 4.07. The van der Waals surface area contributed by atoms with Crippen LogP contribution in [0.2, 0.25) is 0 Å². The van der Waals surface area contributed by atoms with E-state index in [0.29, 0.717) is 0 Å². The predicted molar refractivity (Wildman–Crippen MR) is 69.7 cm³/mol. The summed E-state index contributed by atoms with van der Waals surface area (Å²) < 4.78 is 6.63. The number of hydrogen-bond donors (Lipinski definition) is 1. The monoisotopic (exact) mass is 284 g/mol. The number of nitrogen functional groups attached to an aromatic ring is 1. The Morgan fingerprint density at radius 3 is 2.75 bits per heavy atom. The molecule has 88 valence electrons. The van der Waals surface area contributed by atoms with E-state index < -0.39 is 0 Å². The summed E-state index contributed by atoms with van der Waals surface area (Å²) in [6, 6.07) is 5.63. The van der Waals surface area contributed by atoms with Crippen molar-refractivity contribution in [3.63, 3.8) is 0 Å². The zero-order valence-electron chi connectivity index (χ0n) is 9.29. The molecule has 1 heterocycles. The van der Waals surface area contributed by atoms with Crippen LogP contribution in [-0.4, -0.2) is 31.1 Å². The summed E-state index contributed by atoms with van der Waals surface area (Å²) in [5.74, 6) is 0.869. The van der Waals surface area contributed by atoms with Crippen molar-refractivity contribution >= 4 is 21.6 Å². The highest BCUT2D eigenvalue weighted by molar-refractivity contribution is 9.10.